The number of H-pyrrole nitrogens is 1. The zero-order chi connectivity index (χ0) is 11.5. The Bertz CT molecular complexity index is 546. The molecule has 1 N–H and O–H groups in total. The minimum Gasteiger partial charge on any atom is -0.495 e. The summed E-state index contributed by atoms with van der Waals surface area (Å²) in [6, 6.07) is 5.37. The van der Waals surface area contributed by atoms with Crippen LogP contribution in [0.15, 0.2) is 35.4 Å². The Morgan fingerprint density at radius 3 is 2.75 bits per heavy atom. The Morgan fingerprint density at radius 2 is 2.19 bits per heavy atom. The molecule has 0 atom stereocenters. The van der Waals surface area contributed by atoms with Crippen LogP contribution in [0.4, 0.5) is 0 Å². The summed E-state index contributed by atoms with van der Waals surface area (Å²) in [6.45, 7) is 0. The van der Waals surface area contributed by atoms with Crippen LogP contribution >= 0.6 is 11.6 Å². The van der Waals surface area contributed by atoms with Crippen LogP contribution in [0.2, 0.25) is 5.02 Å². The van der Waals surface area contributed by atoms with Crippen LogP contribution in [-0.4, -0.2) is 17.1 Å². The van der Waals surface area contributed by atoms with Crippen LogP contribution in [0.3, 0.4) is 0 Å². The van der Waals surface area contributed by atoms with E-state index in [4.69, 9.17) is 16.3 Å². The van der Waals surface area contributed by atoms with Gasteiger partial charge in [0.1, 0.15) is 5.75 Å². The Kier molecular flexibility index (Phi) is 2.92. The molecule has 16 heavy (non-hydrogen) atoms. The standard InChI is InChI=1S/C11H9ClN2O2/c1-16-10-3-2-7(4-9(10)12)8-5-13-11(15)14-6-8/h2-6H,1H3,(H,13,14,15). The number of methoxy groups -OCH3 is 1. The molecule has 0 unspecified atom stereocenters. The predicted octanol–water partition coefficient (Wildman–Crippen LogP) is 2.10. The molecule has 1 heterocycles. The van der Waals surface area contributed by atoms with Gasteiger partial charge in [-0.25, -0.2) is 9.78 Å². The van der Waals surface area contributed by atoms with Crippen molar-refractivity contribution in [3.8, 4) is 16.9 Å². The lowest BCUT2D eigenvalue weighted by molar-refractivity contribution is 0.415. The molecule has 1 aromatic heterocycles. The number of benzene rings is 1. The Morgan fingerprint density at radius 1 is 1.38 bits per heavy atom. The maximum Gasteiger partial charge on any atom is 0.344 e. The number of nitrogens with one attached hydrogen (secondary N) is 1. The molecule has 0 radical (unpaired) electrons. The predicted molar refractivity (Wildman–Crippen MR) is 61.9 cm³/mol. The van der Waals surface area contributed by atoms with Gasteiger partial charge in [-0.2, -0.15) is 0 Å². The second kappa shape index (κ2) is 4.37. The van der Waals surface area contributed by atoms with E-state index in [0.29, 0.717) is 10.8 Å². The van der Waals surface area contributed by atoms with Gasteiger partial charge in [0.25, 0.3) is 0 Å². The largest absolute Gasteiger partial charge is 0.495 e. The summed E-state index contributed by atoms with van der Waals surface area (Å²) in [5.41, 5.74) is 1.29. The molecule has 0 bridgehead atoms. The van der Waals surface area contributed by atoms with Crippen molar-refractivity contribution < 1.29 is 4.74 Å². The third-order valence-corrected chi connectivity index (χ3v) is 2.45. The third kappa shape index (κ3) is 2.06. The number of aromatic nitrogens is 2. The summed E-state index contributed by atoms with van der Waals surface area (Å²) in [7, 11) is 1.56. The Balaban J connectivity index is 2.45. The summed E-state index contributed by atoms with van der Waals surface area (Å²) in [5, 5.41) is 0.520. The first-order valence-corrected chi connectivity index (χ1v) is 4.97. The van der Waals surface area contributed by atoms with Gasteiger partial charge in [-0.3, -0.25) is 0 Å². The van der Waals surface area contributed by atoms with Crippen LogP contribution in [0.25, 0.3) is 11.1 Å². The summed E-state index contributed by atoms with van der Waals surface area (Å²) < 4.78 is 5.05. The molecule has 82 valence electrons. The summed E-state index contributed by atoms with van der Waals surface area (Å²) in [5.74, 6) is 0.614. The zero-order valence-corrected chi connectivity index (χ0v) is 9.28. The van der Waals surface area contributed by atoms with Gasteiger partial charge in [0.2, 0.25) is 0 Å². The number of aromatic amines is 1. The molecule has 2 rings (SSSR count). The highest BCUT2D eigenvalue weighted by Gasteiger charge is 2.03. The van der Waals surface area contributed by atoms with Crippen molar-refractivity contribution in [1.29, 1.82) is 0 Å². The molecule has 0 fully saturated rings. The lowest BCUT2D eigenvalue weighted by Gasteiger charge is -2.05. The number of hydrogen-bond donors (Lipinski definition) is 1. The first-order chi connectivity index (χ1) is 7.70. The SMILES string of the molecule is COc1ccc(-c2cnc(=O)[nH]c2)cc1Cl. The van der Waals surface area contributed by atoms with E-state index in [-0.39, 0.29) is 5.69 Å². The molecule has 5 heteroatoms. The van der Waals surface area contributed by atoms with E-state index in [1.165, 1.54) is 6.20 Å². The monoisotopic (exact) mass is 236 g/mol. The van der Waals surface area contributed by atoms with Crippen molar-refractivity contribution in [2.24, 2.45) is 0 Å². The van der Waals surface area contributed by atoms with E-state index in [1.807, 2.05) is 6.07 Å². The molecule has 0 aliphatic heterocycles. The fourth-order valence-electron chi connectivity index (χ4n) is 1.35. The number of nitrogens with zero attached hydrogens (tertiary/aromatic N) is 1. The molecule has 0 aliphatic carbocycles. The van der Waals surface area contributed by atoms with Crippen LogP contribution in [0, 0.1) is 0 Å². The highest BCUT2D eigenvalue weighted by Crippen LogP contribution is 2.29. The van der Waals surface area contributed by atoms with Gasteiger partial charge in [-0.05, 0) is 17.7 Å². The van der Waals surface area contributed by atoms with E-state index in [1.54, 1.807) is 25.4 Å². The van der Waals surface area contributed by atoms with Crippen molar-refractivity contribution in [2.75, 3.05) is 7.11 Å². The fraction of sp³-hybridized carbons (Fsp3) is 0.0909. The lowest BCUT2D eigenvalue weighted by Crippen LogP contribution is -2.07. The van der Waals surface area contributed by atoms with E-state index < -0.39 is 0 Å². The Hall–Kier alpha value is -1.81. The molecular weight excluding hydrogens is 228 g/mol. The third-order valence-electron chi connectivity index (χ3n) is 2.16. The van der Waals surface area contributed by atoms with Gasteiger partial charge in [0, 0.05) is 18.0 Å². The average Bonchev–Trinajstić information content (AvgIpc) is 2.30. The maximum absolute atomic E-state index is 10.8. The van der Waals surface area contributed by atoms with Crippen molar-refractivity contribution >= 4 is 11.6 Å². The minimum absolute atomic E-state index is 0.372. The number of halogens is 1. The van der Waals surface area contributed by atoms with Crippen LogP contribution < -0.4 is 10.4 Å². The second-order valence-electron chi connectivity index (χ2n) is 3.16. The lowest BCUT2D eigenvalue weighted by atomic mass is 10.1. The van der Waals surface area contributed by atoms with Gasteiger partial charge < -0.3 is 9.72 Å². The Labute approximate surface area is 96.9 Å². The normalized spacial score (nSPS) is 10.1. The van der Waals surface area contributed by atoms with E-state index in [2.05, 4.69) is 9.97 Å². The van der Waals surface area contributed by atoms with Crippen molar-refractivity contribution in [3.05, 3.63) is 46.1 Å². The van der Waals surface area contributed by atoms with Crippen LogP contribution in [-0.2, 0) is 0 Å². The van der Waals surface area contributed by atoms with Crippen molar-refractivity contribution in [3.63, 3.8) is 0 Å². The average molecular weight is 237 g/mol. The molecule has 0 amide bonds. The maximum atomic E-state index is 10.8. The molecule has 0 saturated heterocycles. The number of rotatable bonds is 2. The van der Waals surface area contributed by atoms with E-state index in [9.17, 15) is 4.79 Å². The van der Waals surface area contributed by atoms with E-state index >= 15 is 0 Å². The molecular formula is C11H9ClN2O2. The molecule has 0 saturated carbocycles. The summed E-state index contributed by atoms with van der Waals surface area (Å²) in [4.78, 5) is 17.0. The van der Waals surface area contributed by atoms with Gasteiger partial charge in [0.05, 0.1) is 12.1 Å². The van der Waals surface area contributed by atoms with Crippen LogP contribution in [0.1, 0.15) is 0 Å². The van der Waals surface area contributed by atoms with Gasteiger partial charge >= 0.3 is 5.69 Å². The zero-order valence-electron chi connectivity index (χ0n) is 8.53. The minimum atomic E-state index is -0.372. The highest BCUT2D eigenvalue weighted by molar-refractivity contribution is 6.32. The first-order valence-electron chi connectivity index (χ1n) is 4.59. The van der Waals surface area contributed by atoms with Crippen LogP contribution in [0.5, 0.6) is 5.75 Å². The smallest absolute Gasteiger partial charge is 0.344 e. The summed E-state index contributed by atoms with van der Waals surface area (Å²) in [6.07, 6.45) is 3.09. The van der Waals surface area contributed by atoms with Gasteiger partial charge in [0.15, 0.2) is 0 Å². The quantitative estimate of drug-likeness (QED) is 0.869. The highest BCUT2D eigenvalue weighted by atomic mass is 35.5. The topological polar surface area (TPSA) is 55.0 Å². The van der Waals surface area contributed by atoms with E-state index in [0.717, 1.165) is 11.1 Å². The van der Waals surface area contributed by atoms with Gasteiger partial charge in [-0.15, -0.1) is 0 Å². The first kappa shape index (κ1) is 10.7. The van der Waals surface area contributed by atoms with Gasteiger partial charge in [-0.1, -0.05) is 17.7 Å². The molecule has 1 aromatic carbocycles. The second-order valence-corrected chi connectivity index (χ2v) is 3.56. The molecule has 0 aliphatic rings. The van der Waals surface area contributed by atoms with Crippen molar-refractivity contribution in [1.82, 2.24) is 9.97 Å². The number of ether oxygens (including phenoxy) is 1. The number of hydrogen-bond acceptors (Lipinski definition) is 3. The van der Waals surface area contributed by atoms with Crippen molar-refractivity contribution in [2.45, 2.75) is 0 Å². The summed E-state index contributed by atoms with van der Waals surface area (Å²) >= 11 is 5.99. The fourth-order valence-corrected chi connectivity index (χ4v) is 1.60. The molecule has 2 aromatic rings. The molecule has 0 spiro atoms. The molecule has 4 nitrogen and oxygen atoms in total.